The van der Waals surface area contributed by atoms with E-state index in [2.05, 4.69) is 15.0 Å². The molecule has 2 heterocycles. The number of nitrogens with two attached hydrogens (primary N) is 1. The summed E-state index contributed by atoms with van der Waals surface area (Å²) in [6, 6.07) is 0. The third-order valence-electron chi connectivity index (χ3n) is 4.88. The van der Waals surface area contributed by atoms with Crippen LogP contribution in [0.2, 0.25) is 0 Å². The van der Waals surface area contributed by atoms with E-state index in [0.29, 0.717) is 17.9 Å². The molecule has 1 aromatic heterocycles. The number of halogens is 1. The Morgan fingerprint density at radius 1 is 1.10 bits per heavy atom. The summed E-state index contributed by atoms with van der Waals surface area (Å²) in [5.74, 6) is 1.32. The molecule has 3 rings (SSSR count). The molecule has 1 saturated heterocycles. The van der Waals surface area contributed by atoms with Gasteiger partial charge >= 0.3 is 0 Å². The molecule has 1 aliphatic heterocycles. The summed E-state index contributed by atoms with van der Waals surface area (Å²) in [6.07, 6.45) is 9.88. The molecule has 1 aliphatic carbocycles. The van der Waals surface area contributed by atoms with E-state index < -0.39 is 0 Å². The van der Waals surface area contributed by atoms with Crippen LogP contribution in [-0.2, 0) is 13.1 Å². The smallest absolute Gasteiger partial charge is 0.240 e. The van der Waals surface area contributed by atoms with Gasteiger partial charge in [-0.1, -0.05) is 24.4 Å². The molecule has 1 spiro atoms. The highest BCUT2D eigenvalue weighted by Crippen LogP contribution is 2.44. The van der Waals surface area contributed by atoms with Gasteiger partial charge in [0, 0.05) is 0 Å². The van der Waals surface area contributed by atoms with Crippen LogP contribution >= 0.6 is 12.4 Å². The van der Waals surface area contributed by atoms with Crippen molar-refractivity contribution in [2.24, 2.45) is 11.1 Å². The zero-order chi connectivity index (χ0) is 13.1. The molecule has 20 heavy (non-hydrogen) atoms. The van der Waals surface area contributed by atoms with Gasteiger partial charge in [0.1, 0.15) is 0 Å². The number of likely N-dealkylation sites (tertiary alicyclic amines) is 1. The van der Waals surface area contributed by atoms with Gasteiger partial charge in [-0.25, -0.2) is 0 Å². The summed E-state index contributed by atoms with van der Waals surface area (Å²) in [7, 11) is 0. The number of piperidine rings is 1. The quantitative estimate of drug-likeness (QED) is 0.929. The van der Waals surface area contributed by atoms with Crippen molar-refractivity contribution in [1.29, 1.82) is 0 Å². The van der Waals surface area contributed by atoms with Crippen LogP contribution in [-0.4, -0.2) is 28.1 Å². The first-order valence-electron chi connectivity index (χ1n) is 7.54. The average Bonchev–Trinajstić information content (AvgIpc) is 2.90. The lowest BCUT2D eigenvalue weighted by molar-refractivity contribution is 0.0625. The van der Waals surface area contributed by atoms with Gasteiger partial charge in [-0.05, 0) is 44.2 Å². The molecule has 0 atom stereocenters. The largest absolute Gasteiger partial charge is 0.338 e. The Kier molecular flexibility index (Phi) is 5.41. The fraction of sp³-hybridized carbons (Fsp3) is 0.857. The molecule has 1 aromatic rings. The maximum absolute atomic E-state index is 5.48. The first-order valence-corrected chi connectivity index (χ1v) is 7.54. The van der Waals surface area contributed by atoms with Crippen LogP contribution in [0, 0.1) is 5.41 Å². The lowest BCUT2D eigenvalue weighted by Crippen LogP contribution is -2.40. The highest BCUT2D eigenvalue weighted by atomic mass is 35.5. The van der Waals surface area contributed by atoms with Crippen molar-refractivity contribution in [3.8, 4) is 0 Å². The molecule has 5 nitrogen and oxygen atoms in total. The fourth-order valence-electron chi connectivity index (χ4n) is 3.62. The van der Waals surface area contributed by atoms with Gasteiger partial charge < -0.3 is 10.3 Å². The van der Waals surface area contributed by atoms with Crippen LogP contribution < -0.4 is 5.73 Å². The van der Waals surface area contributed by atoms with Gasteiger partial charge in [-0.15, -0.1) is 12.4 Å². The highest BCUT2D eigenvalue weighted by molar-refractivity contribution is 5.85. The van der Waals surface area contributed by atoms with E-state index in [-0.39, 0.29) is 12.4 Å². The van der Waals surface area contributed by atoms with Gasteiger partial charge in [-0.2, -0.15) is 4.98 Å². The van der Waals surface area contributed by atoms with Crippen LogP contribution in [0.25, 0.3) is 0 Å². The van der Waals surface area contributed by atoms with E-state index in [1.165, 1.54) is 58.0 Å². The van der Waals surface area contributed by atoms with Crippen LogP contribution in [0.15, 0.2) is 4.52 Å². The molecule has 0 bridgehead atoms. The Morgan fingerprint density at radius 2 is 1.80 bits per heavy atom. The minimum atomic E-state index is 0. The van der Waals surface area contributed by atoms with E-state index in [1.807, 2.05) is 0 Å². The zero-order valence-corrected chi connectivity index (χ0v) is 12.8. The molecule has 0 unspecified atom stereocenters. The lowest BCUT2D eigenvalue weighted by atomic mass is 9.68. The standard InChI is InChI=1S/C14H24N4O.ClH/c15-10-13-16-12(17-19-13)11-18-8-6-14(7-9-18)4-2-1-3-5-14;/h1-11,15H2;1H. The number of aromatic nitrogens is 2. The Morgan fingerprint density at radius 3 is 2.40 bits per heavy atom. The third-order valence-corrected chi connectivity index (χ3v) is 4.88. The Bertz CT molecular complexity index is 407. The molecule has 0 radical (unpaired) electrons. The van der Waals surface area contributed by atoms with Gasteiger partial charge in [0.25, 0.3) is 0 Å². The summed E-state index contributed by atoms with van der Waals surface area (Å²) in [5.41, 5.74) is 6.14. The van der Waals surface area contributed by atoms with Gasteiger partial charge in [-0.3, -0.25) is 4.90 Å². The maximum atomic E-state index is 5.48. The predicted molar refractivity (Wildman–Crippen MR) is 79.5 cm³/mol. The first-order chi connectivity index (χ1) is 9.30. The third kappa shape index (κ3) is 3.51. The van der Waals surface area contributed by atoms with Crippen LogP contribution in [0.5, 0.6) is 0 Å². The summed E-state index contributed by atoms with van der Waals surface area (Å²) < 4.78 is 5.05. The van der Waals surface area contributed by atoms with E-state index >= 15 is 0 Å². The number of hydrogen-bond donors (Lipinski definition) is 1. The van der Waals surface area contributed by atoms with Gasteiger partial charge in [0.15, 0.2) is 5.82 Å². The second-order valence-corrected chi connectivity index (χ2v) is 6.15. The fourth-order valence-corrected chi connectivity index (χ4v) is 3.62. The lowest BCUT2D eigenvalue weighted by Gasteiger charge is -2.44. The highest BCUT2D eigenvalue weighted by Gasteiger charge is 2.35. The summed E-state index contributed by atoms with van der Waals surface area (Å²) >= 11 is 0. The maximum Gasteiger partial charge on any atom is 0.240 e. The Balaban J connectivity index is 0.00000147. The number of hydrogen-bond acceptors (Lipinski definition) is 5. The molecule has 1 saturated carbocycles. The van der Waals surface area contributed by atoms with E-state index in [1.54, 1.807) is 0 Å². The summed E-state index contributed by atoms with van der Waals surface area (Å²) in [6.45, 7) is 3.48. The van der Waals surface area contributed by atoms with E-state index in [4.69, 9.17) is 10.3 Å². The zero-order valence-electron chi connectivity index (χ0n) is 12.0. The second-order valence-electron chi connectivity index (χ2n) is 6.15. The molecule has 0 amide bonds. The molecular weight excluding hydrogens is 276 g/mol. The Hall–Kier alpha value is -0.650. The van der Waals surface area contributed by atoms with Crippen molar-refractivity contribution in [3.63, 3.8) is 0 Å². The predicted octanol–water partition coefficient (Wildman–Crippen LogP) is 2.50. The van der Waals surface area contributed by atoms with Crippen molar-refractivity contribution in [2.75, 3.05) is 13.1 Å². The van der Waals surface area contributed by atoms with Crippen molar-refractivity contribution in [2.45, 2.75) is 58.0 Å². The normalized spacial score (nSPS) is 22.6. The second kappa shape index (κ2) is 6.87. The minimum absolute atomic E-state index is 0. The molecule has 6 heteroatoms. The van der Waals surface area contributed by atoms with Crippen LogP contribution in [0.1, 0.15) is 56.7 Å². The summed E-state index contributed by atoms with van der Waals surface area (Å²) in [5, 5.41) is 3.98. The van der Waals surface area contributed by atoms with Crippen LogP contribution in [0.4, 0.5) is 0 Å². The average molecular weight is 301 g/mol. The van der Waals surface area contributed by atoms with E-state index in [0.717, 1.165) is 12.4 Å². The topological polar surface area (TPSA) is 68.2 Å². The number of nitrogens with zero attached hydrogens (tertiary/aromatic N) is 3. The first kappa shape index (κ1) is 15.7. The Labute approximate surface area is 126 Å². The van der Waals surface area contributed by atoms with Crippen molar-refractivity contribution >= 4 is 12.4 Å². The number of rotatable bonds is 3. The molecular formula is C14H25ClN4O. The van der Waals surface area contributed by atoms with Gasteiger partial charge in [0.05, 0.1) is 13.1 Å². The molecule has 0 aromatic carbocycles. The minimum Gasteiger partial charge on any atom is -0.338 e. The van der Waals surface area contributed by atoms with E-state index in [9.17, 15) is 0 Å². The monoisotopic (exact) mass is 300 g/mol. The molecule has 2 N–H and O–H groups in total. The molecule has 2 fully saturated rings. The van der Waals surface area contributed by atoms with Crippen molar-refractivity contribution in [1.82, 2.24) is 15.0 Å². The SMILES string of the molecule is Cl.NCc1nc(CN2CCC3(CCCCC3)CC2)no1. The van der Waals surface area contributed by atoms with Crippen molar-refractivity contribution in [3.05, 3.63) is 11.7 Å². The van der Waals surface area contributed by atoms with Crippen LogP contribution in [0.3, 0.4) is 0 Å². The van der Waals surface area contributed by atoms with Gasteiger partial charge in [0.2, 0.25) is 5.89 Å². The molecule has 2 aliphatic rings. The summed E-state index contributed by atoms with van der Waals surface area (Å²) in [4.78, 5) is 6.73. The molecule has 114 valence electrons. The van der Waals surface area contributed by atoms with Crippen molar-refractivity contribution < 1.29 is 4.52 Å².